The molecule has 0 rings (SSSR count). The second-order valence-corrected chi connectivity index (χ2v) is 2.71. The summed E-state index contributed by atoms with van der Waals surface area (Å²) < 4.78 is 0. The molecule has 0 aliphatic rings. The third-order valence-electron chi connectivity index (χ3n) is 1.37. The third-order valence-corrected chi connectivity index (χ3v) is 1.37. The molecule has 0 aliphatic carbocycles. The monoisotopic (exact) mass is 222 g/mol. The molecular weight excluding hydrogens is 204 g/mol. The molecule has 0 fully saturated rings. The Balaban J connectivity index is 0. The lowest BCUT2D eigenvalue weighted by molar-refractivity contribution is -0.149. The number of aliphatic hydroxyl groups excluding tert-OH is 3. The second kappa shape index (κ2) is 13.0. The fourth-order valence-corrected chi connectivity index (χ4v) is 0.570. The van der Waals surface area contributed by atoms with Gasteiger partial charge in [-0.15, -0.1) is 0 Å². The zero-order valence-corrected chi connectivity index (χ0v) is 8.56. The zero-order chi connectivity index (χ0) is 12.1. The number of Topliss-reactive ketones (excluding diaryl/α,β-unsaturated/α-hetero) is 1. The van der Waals surface area contributed by atoms with Crippen molar-refractivity contribution in [3.8, 4) is 0 Å². The quantitative estimate of drug-likeness (QED) is 0.330. The number of carboxylic acid groups (broad SMARTS) is 1. The van der Waals surface area contributed by atoms with Crippen LogP contribution in [0.3, 0.4) is 0 Å². The molecule has 0 saturated carbocycles. The maximum absolute atomic E-state index is 10.2. The first-order valence-corrected chi connectivity index (χ1v) is 4.68. The van der Waals surface area contributed by atoms with E-state index in [1.165, 1.54) is 0 Å². The van der Waals surface area contributed by atoms with Gasteiger partial charge in [-0.1, -0.05) is 0 Å². The van der Waals surface area contributed by atoms with E-state index in [0.717, 1.165) is 12.8 Å². The van der Waals surface area contributed by atoms with E-state index < -0.39 is 11.8 Å². The molecule has 0 aliphatic heterocycles. The maximum atomic E-state index is 10.2. The third kappa shape index (κ3) is 15.7. The van der Waals surface area contributed by atoms with Gasteiger partial charge in [0.15, 0.2) is 0 Å². The summed E-state index contributed by atoms with van der Waals surface area (Å²) in [5, 5.41) is 32.3. The molecule has 0 bridgehead atoms. The minimum atomic E-state index is -1.43. The molecule has 0 radical (unpaired) electrons. The van der Waals surface area contributed by atoms with Crippen LogP contribution in [-0.2, 0) is 9.59 Å². The largest absolute Gasteiger partial charge is 0.476 e. The fraction of sp³-hybridized carbons (Fsp3) is 0.778. The molecule has 0 aromatic carbocycles. The molecule has 0 heterocycles. The maximum Gasteiger partial charge on any atom is 0.372 e. The predicted molar refractivity (Wildman–Crippen MR) is 52.4 cm³/mol. The van der Waals surface area contributed by atoms with Gasteiger partial charge in [0, 0.05) is 26.2 Å². The lowest BCUT2D eigenvalue weighted by atomic mass is 10.2. The molecule has 6 nitrogen and oxygen atoms in total. The van der Waals surface area contributed by atoms with Gasteiger partial charge in [0.05, 0.1) is 0 Å². The topological polar surface area (TPSA) is 115 Å². The van der Waals surface area contributed by atoms with Crippen molar-refractivity contribution in [3.63, 3.8) is 0 Å². The average molecular weight is 222 g/mol. The Hall–Kier alpha value is -0.980. The molecule has 6 heteroatoms. The number of carboxylic acids is 1. The number of unbranched alkanes of at least 4 members (excludes halogenated alkanes) is 1. The summed E-state index contributed by atoms with van der Waals surface area (Å²) >= 11 is 0. The van der Waals surface area contributed by atoms with Gasteiger partial charge >= 0.3 is 5.97 Å². The van der Waals surface area contributed by atoms with Crippen LogP contribution in [0.15, 0.2) is 0 Å². The first kappa shape index (κ1) is 16.4. The van der Waals surface area contributed by atoms with E-state index in [1.54, 1.807) is 0 Å². The Morgan fingerprint density at radius 3 is 1.47 bits per heavy atom. The molecule has 4 N–H and O–H groups in total. The first-order chi connectivity index (χ1) is 7.09. The van der Waals surface area contributed by atoms with E-state index in [4.69, 9.17) is 20.4 Å². The van der Waals surface area contributed by atoms with Crippen molar-refractivity contribution < 1.29 is 30.0 Å². The van der Waals surface area contributed by atoms with Gasteiger partial charge in [0.1, 0.15) is 0 Å². The number of hydrogen-bond acceptors (Lipinski definition) is 5. The van der Waals surface area contributed by atoms with Crippen molar-refractivity contribution in [3.05, 3.63) is 0 Å². The van der Waals surface area contributed by atoms with Crippen LogP contribution in [0.4, 0.5) is 0 Å². The molecular formula is C9H18O6. The first-order valence-electron chi connectivity index (χ1n) is 4.68. The highest BCUT2D eigenvalue weighted by Crippen LogP contribution is 1.88. The van der Waals surface area contributed by atoms with E-state index >= 15 is 0 Å². The standard InChI is InChI=1S/C5H8O4.C4H10O2/c6-3-1-2-4(7)5(8)9;5-3-1-2-4-6/h6H,1-3H2,(H,8,9);5-6H,1-4H2. The summed E-state index contributed by atoms with van der Waals surface area (Å²) in [5.74, 6) is -2.27. The normalized spacial score (nSPS) is 9.00. The number of hydrogen-bond donors (Lipinski definition) is 4. The predicted octanol–water partition coefficient (Wildman–Crippen LogP) is -0.836. The molecule has 15 heavy (non-hydrogen) atoms. The molecule has 0 atom stereocenters. The van der Waals surface area contributed by atoms with Gasteiger partial charge in [-0.05, 0) is 19.3 Å². The number of rotatable bonds is 7. The van der Waals surface area contributed by atoms with Crippen LogP contribution in [0.1, 0.15) is 25.7 Å². The van der Waals surface area contributed by atoms with Crippen molar-refractivity contribution in [2.75, 3.05) is 19.8 Å². The van der Waals surface area contributed by atoms with E-state index in [0.29, 0.717) is 0 Å². The number of aliphatic carboxylic acids is 1. The fourth-order valence-electron chi connectivity index (χ4n) is 0.570. The van der Waals surface area contributed by atoms with E-state index in [1.807, 2.05) is 0 Å². The Kier molecular flexibility index (Phi) is 14.3. The minimum absolute atomic E-state index is 0.0775. The van der Waals surface area contributed by atoms with Crippen molar-refractivity contribution in [2.45, 2.75) is 25.7 Å². The lowest BCUT2D eigenvalue weighted by Crippen LogP contribution is -2.12. The van der Waals surface area contributed by atoms with E-state index in [2.05, 4.69) is 0 Å². The van der Waals surface area contributed by atoms with Gasteiger partial charge in [0.2, 0.25) is 5.78 Å². The zero-order valence-electron chi connectivity index (χ0n) is 8.56. The highest BCUT2D eigenvalue weighted by atomic mass is 16.4. The number of aliphatic hydroxyl groups is 3. The van der Waals surface area contributed by atoms with Crippen LogP contribution in [0.2, 0.25) is 0 Å². The lowest BCUT2D eigenvalue weighted by Gasteiger charge is -1.89. The Labute approximate surface area is 88.2 Å². The van der Waals surface area contributed by atoms with Gasteiger partial charge in [0.25, 0.3) is 0 Å². The highest BCUT2D eigenvalue weighted by Gasteiger charge is 2.08. The van der Waals surface area contributed by atoms with Crippen LogP contribution in [0.5, 0.6) is 0 Å². The van der Waals surface area contributed by atoms with E-state index in [9.17, 15) is 9.59 Å². The Bertz CT molecular complexity index is 164. The van der Waals surface area contributed by atoms with Crippen molar-refractivity contribution in [1.82, 2.24) is 0 Å². The van der Waals surface area contributed by atoms with Gasteiger partial charge in [-0.25, -0.2) is 4.79 Å². The summed E-state index contributed by atoms with van der Waals surface area (Å²) in [7, 11) is 0. The summed E-state index contributed by atoms with van der Waals surface area (Å²) in [5.41, 5.74) is 0. The molecule has 0 aromatic rings. The molecule has 0 saturated heterocycles. The number of carbonyl (C=O) groups excluding carboxylic acids is 1. The molecule has 90 valence electrons. The smallest absolute Gasteiger partial charge is 0.372 e. The summed E-state index contributed by atoms with van der Waals surface area (Å²) in [4.78, 5) is 20.0. The van der Waals surface area contributed by atoms with Gasteiger partial charge < -0.3 is 20.4 Å². The van der Waals surface area contributed by atoms with Crippen LogP contribution in [0.25, 0.3) is 0 Å². The van der Waals surface area contributed by atoms with Crippen LogP contribution >= 0.6 is 0 Å². The second-order valence-electron chi connectivity index (χ2n) is 2.71. The van der Waals surface area contributed by atoms with Crippen LogP contribution in [0, 0.1) is 0 Å². The van der Waals surface area contributed by atoms with Crippen LogP contribution < -0.4 is 0 Å². The van der Waals surface area contributed by atoms with Crippen LogP contribution in [-0.4, -0.2) is 52.0 Å². The van der Waals surface area contributed by atoms with Gasteiger partial charge in [-0.2, -0.15) is 0 Å². The van der Waals surface area contributed by atoms with Crippen molar-refractivity contribution in [1.29, 1.82) is 0 Å². The highest BCUT2D eigenvalue weighted by molar-refractivity contribution is 6.32. The molecule has 0 spiro atoms. The minimum Gasteiger partial charge on any atom is -0.476 e. The van der Waals surface area contributed by atoms with Crippen molar-refractivity contribution >= 4 is 11.8 Å². The summed E-state index contributed by atoms with van der Waals surface area (Å²) in [6, 6.07) is 0. The summed E-state index contributed by atoms with van der Waals surface area (Å²) in [6.07, 6.45) is 1.59. The Morgan fingerprint density at radius 2 is 1.20 bits per heavy atom. The molecule has 0 amide bonds. The number of carbonyl (C=O) groups is 2. The number of ketones is 1. The SMILES string of the molecule is O=C(O)C(=O)CCCO.OCCCCO. The Morgan fingerprint density at radius 1 is 0.800 bits per heavy atom. The van der Waals surface area contributed by atoms with Gasteiger partial charge in [-0.3, -0.25) is 4.79 Å². The van der Waals surface area contributed by atoms with E-state index in [-0.39, 0.29) is 32.7 Å². The molecule has 0 unspecified atom stereocenters. The molecule has 0 aromatic heterocycles. The van der Waals surface area contributed by atoms with Crippen molar-refractivity contribution in [2.24, 2.45) is 0 Å². The summed E-state index contributed by atoms with van der Waals surface area (Å²) in [6.45, 7) is 0.250. The average Bonchev–Trinajstić information content (AvgIpc) is 2.23.